The van der Waals surface area contributed by atoms with Crippen molar-refractivity contribution in [1.82, 2.24) is 0 Å². The minimum Gasteiger partial charge on any atom is -0.385 e. The highest BCUT2D eigenvalue weighted by Gasteiger charge is 2.27. The van der Waals surface area contributed by atoms with E-state index in [1.54, 1.807) is 0 Å². The van der Waals surface area contributed by atoms with Crippen LogP contribution in [0.3, 0.4) is 0 Å². The van der Waals surface area contributed by atoms with E-state index in [-0.39, 0.29) is 5.41 Å². The Bertz CT molecular complexity index is 563. The molecule has 0 spiro atoms. The van der Waals surface area contributed by atoms with Gasteiger partial charge in [-0.05, 0) is 28.5 Å². The molecule has 1 atom stereocenters. The van der Waals surface area contributed by atoms with Crippen LogP contribution in [-0.2, 0) is 17.4 Å². The maximum Gasteiger partial charge on any atom is 0.0934 e. The molecule has 0 bridgehead atoms. The summed E-state index contributed by atoms with van der Waals surface area (Å²) in [5.74, 6) is 0. The molecule has 0 saturated heterocycles. The second kappa shape index (κ2) is 6.03. The lowest BCUT2D eigenvalue weighted by molar-refractivity contribution is 0.0327. The van der Waals surface area contributed by atoms with Crippen molar-refractivity contribution in [2.75, 3.05) is 0 Å². The van der Waals surface area contributed by atoms with Crippen LogP contribution in [0, 0.1) is 0 Å². The molecule has 2 aromatic rings. The van der Waals surface area contributed by atoms with E-state index in [4.69, 9.17) is 0 Å². The molecule has 112 valence electrons. The zero-order valence-corrected chi connectivity index (χ0v) is 13.6. The molecule has 0 fully saturated rings. The Balaban J connectivity index is 2.28. The van der Waals surface area contributed by atoms with Crippen molar-refractivity contribution in [3.63, 3.8) is 0 Å². The Morgan fingerprint density at radius 2 is 1.33 bits per heavy atom. The van der Waals surface area contributed by atoms with Crippen LogP contribution in [0.1, 0.15) is 50.8 Å². The first-order valence-electron chi connectivity index (χ1n) is 7.72. The van der Waals surface area contributed by atoms with Crippen molar-refractivity contribution in [2.24, 2.45) is 0 Å². The van der Waals surface area contributed by atoms with Gasteiger partial charge in [-0.1, -0.05) is 82.3 Å². The highest BCUT2D eigenvalue weighted by Crippen LogP contribution is 2.31. The van der Waals surface area contributed by atoms with Gasteiger partial charge in [-0.3, -0.25) is 0 Å². The van der Waals surface area contributed by atoms with E-state index in [9.17, 15) is 5.11 Å². The Labute approximate surface area is 128 Å². The molecule has 1 N–H and O–H groups in total. The highest BCUT2D eigenvalue weighted by atomic mass is 16.3. The fourth-order valence-corrected chi connectivity index (χ4v) is 2.65. The molecule has 0 aliphatic rings. The van der Waals surface area contributed by atoms with Crippen molar-refractivity contribution >= 4 is 0 Å². The van der Waals surface area contributed by atoms with Gasteiger partial charge in [0.1, 0.15) is 0 Å². The van der Waals surface area contributed by atoms with Gasteiger partial charge in [0.25, 0.3) is 0 Å². The normalized spacial score (nSPS) is 14.7. The molecule has 21 heavy (non-hydrogen) atoms. The number of hydrogen-bond acceptors (Lipinski definition) is 1. The SMILES string of the molecule is CCC(O)(Cc1ccccc1)c1ccc(C(C)(C)C)cc1. The predicted octanol–water partition coefficient (Wildman–Crippen LogP) is 4.82. The number of hydrogen-bond donors (Lipinski definition) is 1. The van der Waals surface area contributed by atoms with Gasteiger partial charge in [-0.25, -0.2) is 0 Å². The Hall–Kier alpha value is -1.60. The molecule has 0 aliphatic carbocycles. The lowest BCUT2D eigenvalue weighted by atomic mass is 9.82. The number of rotatable bonds is 4. The number of benzene rings is 2. The van der Waals surface area contributed by atoms with Crippen LogP contribution in [-0.4, -0.2) is 5.11 Å². The van der Waals surface area contributed by atoms with E-state index in [0.29, 0.717) is 12.8 Å². The van der Waals surface area contributed by atoms with Gasteiger partial charge in [0, 0.05) is 6.42 Å². The minimum atomic E-state index is -0.794. The zero-order valence-electron chi connectivity index (χ0n) is 13.6. The fraction of sp³-hybridized carbons (Fsp3) is 0.400. The molecule has 0 heterocycles. The Kier molecular flexibility index (Phi) is 4.53. The fourth-order valence-electron chi connectivity index (χ4n) is 2.65. The molecule has 0 radical (unpaired) electrons. The van der Waals surface area contributed by atoms with E-state index in [1.165, 1.54) is 11.1 Å². The second-order valence-corrected chi connectivity index (χ2v) is 6.87. The predicted molar refractivity (Wildman–Crippen MR) is 89.5 cm³/mol. The number of aliphatic hydroxyl groups is 1. The summed E-state index contributed by atoms with van der Waals surface area (Å²) < 4.78 is 0. The molecule has 0 aliphatic heterocycles. The summed E-state index contributed by atoms with van der Waals surface area (Å²) in [6, 6.07) is 18.6. The topological polar surface area (TPSA) is 20.2 Å². The van der Waals surface area contributed by atoms with Crippen molar-refractivity contribution in [3.05, 3.63) is 71.3 Å². The molecule has 2 rings (SSSR count). The summed E-state index contributed by atoms with van der Waals surface area (Å²) >= 11 is 0. The van der Waals surface area contributed by atoms with Crippen LogP contribution in [0.25, 0.3) is 0 Å². The molecule has 1 nitrogen and oxygen atoms in total. The van der Waals surface area contributed by atoms with Crippen LogP contribution in [0.2, 0.25) is 0 Å². The highest BCUT2D eigenvalue weighted by molar-refractivity contribution is 5.32. The summed E-state index contributed by atoms with van der Waals surface area (Å²) in [5.41, 5.74) is 2.81. The Morgan fingerprint density at radius 1 is 0.810 bits per heavy atom. The first-order valence-corrected chi connectivity index (χ1v) is 7.72. The zero-order chi connectivity index (χ0) is 15.5. The van der Waals surface area contributed by atoms with Crippen LogP contribution in [0.5, 0.6) is 0 Å². The van der Waals surface area contributed by atoms with Crippen molar-refractivity contribution < 1.29 is 5.11 Å². The third kappa shape index (κ3) is 3.74. The first-order chi connectivity index (χ1) is 9.85. The average Bonchev–Trinajstić information content (AvgIpc) is 2.47. The van der Waals surface area contributed by atoms with Crippen molar-refractivity contribution in [3.8, 4) is 0 Å². The van der Waals surface area contributed by atoms with Crippen molar-refractivity contribution in [1.29, 1.82) is 0 Å². The standard InChI is InChI=1S/C20H26O/c1-5-20(21,15-16-9-7-6-8-10-16)18-13-11-17(12-14-18)19(2,3)4/h6-14,21H,5,15H2,1-4H3. The smallest absolute Gasteiger partial charge is 0.0934 e. The van der Waals surface area contributed by atoms with Gasteiger partial charge in [0.2, 0.25) is 0 Å². The quantitative estimate of drug-likeness (QED) is 0.852. The summed E-state index contributed by atoms with van der Waals surface area (Å²) in [5, 5.41) is 11.0. The van der Waals surface area contributed by atoms with Crippen LogP contribution < -0.4 is 0 Å². The van der Waals surface area contributed by atoms with Gasteiger partial charge in [0.15, 0.2) is 0 Å². The molecule has 1 unspecified atom stereocenters. The van der Waals surface area contributed by atoms with Gasteiger partial charge >= 0.3 is 0 Å². The minimum absolute atomic E-state index is 0.141. The molecule has 0 aromatic heterocycles. The third-order valence-electron chi connectivity index (χ3n) is 4.21. The van der Waals surface area contributed by atoms with Crippen LogP contribution in [0.4, 0.5) is 0 Å². The van der Waals surface area contributed by atoms with E-state index >= 15 is 0 Å². The molecular formula is C20H26O. The van der Waals surface area contributed by atoms with Crippen LogP contribution in [0.15, 0.2) is 54.6 Å². The second-order valence-electron chi connectivity index (χ2n) is 6.87. The summed E-state index contributed by atoms with van der Waals surface area (Å²) in [6.45, 7) is 8.66. The van der Waals surface area contributed by atoms with Crippen molar-refractivity contribution in [2.45, 2.75) is 51.6 Å². The largest absolute Gasteiger partial charge is 0.385 e. The van der Waals surface area contributed by atoms with Gasteiger partial charge < -0.3 is 5.11 Å². The molecular weight excluding hydrogens is 256 g/mol. The maximum atomic E-state index is 11.0. The average molecular weight is 282 g/mol. The summed E-state index contributed by atoms with van der Waals surface area (Å²) in [4.78, 5) is 0. The lowest BCUT2D eigenvalue weighted by Crippen LogP contribution is -2.27. The summed E-state index contributed by atoms with van der Waals surface area (Å²) in [7, 11) is 0. The monoisotopic (exact) mass is 282 g/mol. The maximum absolute atomic E-state index is 11.0. The first kappa shape index (κ1) is 15.8. The van der Waals surface area contributed by atoms with Gasteiger partial charge in [0.05, 0.1) is 5.60 Å². The molecule has 0 saturated carbocycles. The van der Waals surface area contributed by atoms with E-state index in [2.05, 4.69) is 57.2 Å². The third-order valence-corrected chi connectivity index (χ3v) is 4.21. The van der Waals surface area contributed by atoms with E-state index in [1.807, 2.05) is 25.1 Å². The molecule has 2 aromatic carbocycles. The van der Waals surface area contributed by atoms with E-state index in [0.717, 1.165) is 5.56 Å². The molecule has 0 amide bonds. The van der Waals surface area contributed by atoms with E-state index < -0.39 is 5.60 Å². The molecule has 1 heteroatoms. The Morgan fingerprint density at radius 3 is 1.81 bits per heavy atom. The lowest BCUT2D eigenvalue weighted by Gasteiger charge is -2.29. The van der Waals surface area contributed by atoms with Crippen LogP contribution >= 0.6 is 0 Å². The van der Waals surface area contributed by atoms with Gasteiger partial charge in [-0.2, -0.15) is 0 Å². The van der Waals surface area contributed by atoms with Gasteiger partial charge in [-0.15, -0.1) is 0 Å². The summed E-state index contributed by atoms with van der Waals surface area (Å²) in [6.07, 6.45) is 1.36.